The average Bonchev–Trinajstić information content (AvgIpc) is 3.64. The van der Waals surface area contributed by atoms with Gasteiger partial charge >= 0.3 is 0 Å². The van der Waals surface area contributed by atoms with Crippen LogP contribution >= 0.6 is 15.9 Å². The Morgan fingerprint density at radius 2 is 2.08 bits per heavy atom. The molecular weight excluding hydrogens is 526 g/mol. The molecule has 3 aromatic rings. The number of allylic oxidation sites excluding steroid dienone is 1. The van der Waals surface area contributed by atoms with Crippen molar-refractivity contribution < 1.29 is 18.7 Å². The van der Waals surface area contributed by atoms with Crippen molar-refractivity contribution in [2.24, 2.45) is 0 Å². The number of hydrogen-bond donors (Lipinski definition) is 2. The van der Waals surface area contributed by atoms with Gasteiger partial charge in [0.2, 0.25) is 6.41 Å². The standard InChI is InChI=1S/C26H26BrN5O4/c1-28-23-12-17(2-7-22(23)29-16-33)8-10-31-24(34)15-36-26(31)21-13-32(20-5-3-19(27)4-6-20)30-25(21)18-9-11-35-14-18/h2-6,9,11-14,16,22,26,28H,7-8,10,15H2,1H3,(H,29,33). The molecule has 3 heterocycles. The van der Waals surface area contributed by atoms with Crippen LogP contribution in [0.1, 0.15) is 24.6 Å². The van der Waals surface area contributed by atoms with Crippen LogP contribution in [0, 0.1) is 0 Å². The van der Waals surface area contributed by atoms with Gasteiger partial charge in [0, 0.05) is 41.1 Å². The number of carbonyl (C=O) groups is 2. The van der Waals surface area contributed by atoms with Gasteiger partial charge in [-0.15, -0.1) is 0 Å². The first-order valence-electron chi connectivity index (χ1n) is 11.6. The molecule has 2 atom stereocenters. The molecule has 0 bridgehead atoms. The maximum atomic E-state index is 12.9. The fourth-order valence-corrected chi connectivity index (χ4v) is 4.80. The molecule has 2 amide bonds. The van der Waals surface area contributed by atoms with Crippen molar-refractivity contribution in [3.05, 3.63) is 82.5 Å². The van der Waals surface area contributed by atoms with Gasteiger partial charge in [-0.05, 0) is 54.8 Å². The van der Waals surface area contributed by atoms with Gasteiger partial charge in [-0.2, -0.15) is 5.10 Å². The van der Waals surface area contributed by atoms with Crippen molar-refractivity contribution in [2.45, 2.75) is 25.1 Å². The van der Waals surface area contributed by atoms with Crippen molar-refractivity contribution in [3.63, 3.8) is 0 Å². The minimum absolute atomic E-state index is 0.0148. The van der Waals surface area contributed by atoms with Crippen LogP contribution in [0.3, 0.4) is 0 Å². The van der Waals surface area contributed by atoms with Gasteiger partial charge in [0.1, 0.15) is 12.3 Å². The van der Waals surface area contributed by atoms with E-state index in [9.17, 15) is 9.59 Å². The summed E-state index contributed by atoms with van der Waals surface area (Å²) in [6.45, 7) is 0.504. The lowest BCUT2D eigenvalue weighted by molar-refractivity contribution is -0.128. The number of carbonyl (C=O) groups excluding carboxylic acids is 2. The molecule has 1 aliphatic carbocycles. The monoisotopic (exact) mass is 551 g/mol. The molecule has 10 heteroatoms. The van der Waals surface area contributed by atoms with E-state index in [-0.39, 0.29) is 18.6 Å². The van der Waals surface area contributed by atoms with Crippen LogP contribution in [-0.2, 0) is 14.3 Å². The van der Waals surface area contributed by atoms with E-state index in [0.717, 1.165) is 32.6 Å². The molecule has 2 N–H and O–H groups in total. The van der Waals surface area contributed by atoms with E-state index in [1.165, 1.54) is 0 Å². The summed E-state index contributed by atoms with van der Waals surface area (Å²) < 4.78 is 14.1. The predicted molar refractivity (Wildman–Crippen MR) is 137 cm³/mol. The van der Waals surface area contributed by atoms with Crippen LogP contribution in [0.2, 0.25) is 0 Å². The van der Waals surface area contributed by atoms with E-state index < -0.39 is 6.23 Å². The van der Waals surface area contributed by atoms with Gasteiger partial charge in [-0.25, -0.2) is 4.68 Å². The largest absolute Gasteiger partial charge is 0.472 e. The molecule has 2 aromatic heterocycles. The molecule has 9 nitrogen and oxygen atoms in total. The zero-order valence-corrected chi connectivity index (χ0v) is 21.3. The van der Waals surface area contributed by atoms with Crippen LogP contribution in [0.15, 0.2) is 81.4 Å². The summed E-state index contributed by atoms with van der Waals surface area (Å²) in [6, 6.07) is 9.62. The molecule has 0 spiro atoms. The van der Waals surface area contributed by atoms with E-state index in [0.29, 0.717) is 31.5 Å². The molecule has 0 radical (unpaired) electrons. The van der Waals surface area contributed by atoms with Crippen molar-refractivity contribution >= 4 is 28.2 Å². The van der Waals surface area contributed by atoms with Gasteiger partial charge in [0.05, 0.1) is 24.3 Å². The number of ether oxygens (including phenoxy) is 1. The van der Waals surface area contributed by atoms with E-state index >= 15 is 0 Å². The number of likely N-dealkylation sites (N-methyl/N-ethyl adjacent to an activating group) is 1. The number of aromatic nitrogens is 2. The molecule has 2 aliphatic rings. The van der Waals surface area contributed by atoms with Crippen LogP contribution in [0.5, 0.6) is 0 Å². The Balaban J connectivity index is 1.40. The number of amides is 2. The quantitative estimate of drug-likeness (QED) is 0.393. The highest BCUT2D eigenvalue weighted by Gasteiger charge is 2.36. The molecule has 1 fully saturated rings. The highest BCUT2D eigenvalue weighted by atomic mass is 79.9. The zero-order chi connectivity index (χ0) is 25.1. The van der Waals surface area contributed by atoms with E-state index in [1.807, 2.05) is 49.7 Å². The highest BCUT2D eigenvalue weighted by molar-refractivity contribution is 9.10. The maximum absolute atomic E-state index is 12.9. The third-order valence-electron chi connectivity index (χ3n) is 6.39. The Bertz CT molecular complexity index is 1300. The number of halogens is 1. The Kier molecular flexibility index (Phi) is 7.06. The highest BCUT2D eigenvalue weighted by Crippen LogP contribution is 2.36. The molecule has 186 valence electrons. The third-order valence-corrected chi connectivity index (χ3v) is 6.92. The number of rotatable bonds is 9. The summed E-state index contributed by atoms with van der Waals surface area (Å²) in [6.07, 6.45) is 10.8. The third kappa shape index (κ3) is 4.87. The number of furan rings is 1. The number of nitrogens with one attached hydrogen (secondary N) is 2. The normalized spacial score (nSPS) is 19.7. The molecule has 2 unspecified atom stereocenters. The summed E-state index contributed by atoms with van der Waals surface area (Å²) in [4.78, 5) is 25.5. The lowest BCUT2D eigenvalue weighted by atomic mass is 9.97. The van der Waals surface area contributed by atoms with Gasteiger partial charge in [0.25, 0.3) is 5.91 Å². The summed E-state index contributed by atoms with van der Waals surface area (Å²) in [5.74, 6) is -0.0655. The van der Waals surface area contributed by atoms with E-state index in [2.05, 4.69) is 32.6 Å². The van der Waals surface area contributed by atoms with Crippen molar-refractivity contribution in [2.75, 3.05) is 20.2 Å². The van der Waals surface area contributed by atoms with Crippen LogP contribution < -0.4 is 10.6 Å². The fraction of sp³-hybridized carbons (Fsp3) is 0.269. The first-order valence-corrected chi connectivity index (χ1v) is 12.4. The Morgan fingerprint density at radius 3 is 2.81 bits per heavy atom. The van der Waals surface area contributed by atoms with Gasteiger partial charge in [0.15, 0.2) is 6.23 Å². The first kappa shape index (κ1) is 24.1. The second kappa shape index (κ2) is 10.5. The van der Waals surface area contributed by atoms with E-state index in [1.54, 1.807) is 22.1 Å². The SMILES string of the molecule is CNC1=CC(CCN2C(=O)COC2c2cn(-c3ccc(Br)cc3)nc2-c2ccoc2)=CCC1NC=O. The minimum atomic E-state index is -0.562. The van der Waals surface area contributed by atoms with Gasteiger partial charge < -0.3 is 24.7 Å². The molecule has 1 aromatic carbocycles. The predicted octanol–water partition coefficient (Wildman–Crippen LogP) is 3.69. The lowest BCUT2D eigenvalue weighted by Crippen LogP contribution is -2.36. The molecule has 1 saturated heterocycles. The maximum Gasteiger partial charge on any atom is 0.250 e. The fourth-order valence-electron chi connectivity index (χ4n) is 4.54. The zero-order valence-electron chi connectivity index (χ0n) is 19.7. The Hall–Kier alpha value is -3.63. The summed E-state index contributed by atoms with van der Waals surface area (Å²) in [5, 5.41) is 10.8. The van der Waals surface area contributed by atoms with Crippen molar-refractivity contribution in [3.8, 4) is 16.9 Å². The topological polar surface area (TPSA) is 102 Å². The van der Waals surface area contributed by atoms with Crippen molar-refractivity contribution in [1.82, 2.24) is 25.3 Å². The second-order valence-electron chi connectivity index (χ2n) is 8.57. The van der Waals surface area contributed by atoms with Crippen LogP contribution in [0.25, 0.3) is 16.9 Å². The Morgan fingerprint density at radius 1 is 1.25 bits per heavy atom. The van der Waals surface area contributed by atoms with E-state index in [4.69, 9.17) is 14.3 Å². The molecule has 0 saturated carbocycles. The number of nitrogens with zero attached hydrogens (tertiary/aromatic N) is 3. The Labute approximate surface area is 216 Å². The minimum Gasteiger partial charge on any atom is -0.472 e. The number of benzene rings is 1. The first-order chi connectivity index (χ1) is 17.6. The summed E-state index contributed by atoms with van der Waals surface area (Å²) >= 11 is 3.47. The molecule has 36 heavy (non-hydrogen) atoms. The van der Waals surface area contributed by atoms with Gasteiger partial charge in [-0.1, -0.05) is 22.0 Å². The summed E-state index contributed by atoms with van der Waals surface area (Å²) in [5.41, 5.74) is 5.24. The van der Waals surface area contributed by atoms with Crippen LogP contribution in [-0.4, -0.2) is 53.2 Å². The van der Waals surface area contributed by atoms with Crippen LogP contribution in [0.4, 0.5) is 0 Å². The van der Waals surface area contributed by atoms with Crippen molar-refractivity contribution in [1.29, 1.82) is 0 Å². The second-order valence-corrected chi connectivity index (χ2v) is 9.48. The smallest absolute Gasteiger partial charge is 0.250 e. The summed E-state index contributed by atoms with van der Waals surface area (Å²) in [7, 11) is 1.84. The number of hydrogen-bond acceptors (Lipinski definition) is 6. The molecular formula is C26H26BrN5O4. The molecule has 5 rings (SSSR count). The lowest BCUT2D eigenvalue weighted by Gasteiger charge is -2.26. The molecule has 1 aliphatic heterocycles. The average molecular weight is 552 g/mol. The van der Waals surface area contributed by atoms with Gasteiger partial charge in [-0.3, -0.25) is 9.59 Å².